The molecule has 1 aliphatic heterocycles. The summed E-state index contributed by atoms with van der Waals surface area (Å²) in [4.78, 5) is 14.0. The number of hydrogen-bond acceptors (Lipinski definition) is 1. The topological polar surface area (TPSA) is 20.1 Å². The van der Waals surface area contributed by atoms with Crippen molar-refractivity contribution in [1.29, 1.82) is 0 Å². The van der Waals surface area contributed by atoms with E-state index in [0.717, 1.165) is 30.5 Å². The Labute approximate surface area is 251 Å². The number of hydrogen-bond donors (Lipinski definition) is 0. The highest BCUT2D eigenvalue weighted by atomic mass is 35.6. The third-order valence-corrected chi connectivity index (χ3v) is 7.48. The lowest BCUT2D eigenvalue weighted by Gasteiger charge is -2.24. The van der Waals surface area contributed by atoms with E-state index in [1.165, 1.54) is 16.8 Å². The van der Waals surface area contributed by atoms with Gasteiger partial charge in [-0.15, -0.1) is 0 Å². The Morgan fingerprint density at radius 2 is 1.37 bits per heavy atom. The number of carbonyl (C=O) groups is 1. The predicted octanol–water partition coefficient (Wildman–Crippen LogP) is 7.28. The third kappa shape index (κ3) is 8.10. The van der Waals surface area contributed by atoms with Gasteiger partial charge in [0.25, 0.3) is 0 Å². The van der Waals surface area contributed by atoms with Crippen LogP contribution in [0.25, 0.3) is 6.08 Å². The average Bonchev–Trinajstić information content (AvgIpc) is 3.09. The van der Waals surface area contributed by atoms with Crippen LogP contribution in [0.2, 0.25) is 0 Å². The summed E-state index contributed by atoms with van der Waals surface area (Å²) in [6, 6.07) is 16.8. The van der Waals surface area contributed by atoms with Crippen molar-refractivity contribution in [1.82, 2.24) is 0 Å². The van der Waals surface area contributed by atoms with Gasteiger partial charge in [-0.05, 0) is 36.3 Å². The molecule has 2 nitrogen and oxygen atoms in total. The minimum absolute atomic E-state index is 0. The van der Waals surface area contributed by atoms with Crippen molar-refractivity contribution < 1.29 is 21.8 Å². The fourth-order valence-corrected chi connectivity index (χ4v) is 5.74. The number of halogens is 4. The molecule has 3 rings (SSSR count). The fraction of sp³-hybridized carbons (Fsp3) is 0.500. The molecule has 0 saturated heterocycles. The molecule has 210 valence electrons. The summed E-state index contributed by atoms with van der Waals surface area (Å²) in [5, 5.41) is 0. The normalized spacial score (nSPS) is 16.2. The summed E-state index contributed by atoms with van der Waals surface area (Å²) in [5.74, 6) is 0.898. The Morgan fingerprint density at radius 1 is 0.895 bits per heavy atom. The van der Waals surface area contributed by atoms with Gasteiger partial charge in [0, 0.05) is 31.4 Å². The van der Waals surface area contributed by atoms with Gasteiger partial charge < -0.3 is 12.4 Å². The first-order valence-corrected chi connectivity index (χ1v) is 14.6. The highest BCUT2D eigenvalue weighted by Gasteiger charge is 2.58. The van der Waals surface area contributed by atoms with Crippen LogP contribution in [0.5, 0.6) is 0 Å². The highest BCUT2D eigenvalue weighted by Crippen LogP contribution is 2.50. The number of alkyl halides is 3. The van der Waals surface area contributed by atoms with Gasteiger partial charge in [-0.2, -0.15) is 4.58 Å². The molecule has 0 bridgehead atoms. The van der Waals surface area contributed by atoms with Crippen molar-refractivity contribution in [2.24, 2.45) is 5.41 Å². The lowest BCUT2D eigenvalue weighted by Crippen LogP contribution is -3.00. The Balaban J connectivity index is 0.00000135. The van der Waals surface area contributed by atoms with E-state index >= 15 is 0 Å². The van der Waals surface area contributed by atoms with Crippen LogP contribution in [0, 0.1) is 5.41 Å². The molecule has 0 radical (unpaired) electrons. The number of allylic oxidation sites excluding steroid dienone is 1. The lowest BCUT2D eigenvalue weighted by atomic mass is 9.72. The Bertz CT molecular complexity index is 1080. The Morgan fingerprint density at radius 3 is 1.79 bits per heavy atom. The minimum atomic E-state index is -0.750. The monoisotopic (exact) mass is 597 g/mol. The van der Waals surface area contributed by atoms with E-state index < -0.39 is 4.30 Å². The number of rotatable bonds is 8. The highest BCUT2D eigenvalue weighted by molar-refractivity contribution is 6.63. The van der Waals surface area contributed by atoms with Crippen molar-refractivity contribution in [3.05, 3.63) is 71.3 Å². The zero-order chi connectivity index (χ0) is 28.0. The number of ketones is 1. The summed E-state index contributed by atoms with van der Waals surface area (Å²) in [5.41, 5.74) is 5.67. The van der Waals surface area contributed by atoms with Gasteiger partial charge in [0.15, 0.2) is 9.83 Å². The van der Waals surface area contributed by atoms with Gasteiger partial charge in [0.1, 0.15) is 0 Å². The van der Waals surface area contributed by atoms with Crippen molar-refractivity contribution in [3.63, 3.8) is 0 Å². The number of nitrogens with zero attached hydrogens (tertiary/aromatic N) is 1. The molecular formula is C32H43Cl4NO. The van der Waals surface area contributed by atoms with Crippen LogP contribution in [0.1, 0.15) is 103 Å². The minimum Gasteiger partial charge on any atom is -1.00 e. The largest absolute Gasteiger partial charge is 1.00 e. The predicted molar refractivity (Wildman–Crippen MR) is 163 cm³/mol. The maximum atomic E-state index is 14.0. The third-order valence-electron chi connectivity index (χ3n) is 7.48. The molecule has 0 N–H and O–H groups in total. The SMILES string of the molecule is CCC1(CC)CC(C)(C)[N+](c2c(C(C)C)cccc2C(C)C)=C1C(=O)/C=C/c1ccccc1.ClC(Cl)Cl.[Cl-]. The van der Waals surface area contributed by atoms with Gasteiger partial charge in [-0.1, -0.05) is 131 Å². The number of carbonyl (C=O) groups excluding carboxylic acids is 1. The maximum Gasteiger partial charge on any atom is 0.245 e. The fourth-order valence-electron chi connectivity index (χ4n) is 5.74. The molecule has 0 atom stereocenters. The summed E-state index contributed by atoms with van der Waals surface area (Å²) in [7, 11) is 0. The summed E-state index contributed by atoms with van der Waals surface area (Å²) in [6.07, 6.45) is 6.67. The van der Waals surface area contributed by atoms with E-state index in [0.29, 0.717) is 11.8 Å². The van der Waals surface area contributed by atoms with E-state index in [-0.39, 0.29) is 29.1 Å². The van der Waals surface area contributed by atoms with E-state index in [4.69, 9.17) is 34.8 Å². The van der Waals surface area contributed by atoms with Crippen LogP contribution in [0.15, 0.2) is 54.6 Å². The maximum absolute atomic E-state index is 14.0. The van der Waals surface area contributed by atoms with Crippen LogP contribution in [-0.4, -0.2) is 25.9 Å². The van der Waals surface area contributed by atoms with Gasteiger partial charge in [0.2, 0.25) is 17.2 Å². The molecule has 1 aliphatic rings. The van der Waals surface area contributed by atoms with Crippen LogP contribution < -0.4 is 12.4 Å². The second-order valence-electron chi connectivity index (χ2n) is 11.1. The van der Waals surface area contributed by atoms with Crippen molar-refractivity contribution in [2.45, 2.75) is 96.3 Å². The van der Waals surface area contributed by atoms with Gasteiger partial charge >= 0.3 is 0 Å². The van der Waals surface area contributed by atoms with E-state index in [9.17, 15) is 4.79 Å². The van der Waals surface area contributed by atoms with Crippen LogP contribution in [0.4, 0.5) is 5.69 Å². The summed E-state index contributed by atoms with van der Waals surface area (Å²) >= 11 is 14.4. The molecule has 2 aromatic carbocycles. The van der Waals surface area contributed by atoms with Crippen LogP contribution in [-0.2, 0) is 4.79 Å². The van der Waals surface area contributed by atoms with Gasteiger partial charge in [0.05, 0.1) is 5.41 Å². The smallest absolute Gasteiger partial charge is 0.245 e. The zero-order valence-electron chi connectivity index (χ0n) is 24.0. The first-order chi connectivity index (χ1) is 17.3. The Kier molecular flexibility index (Phi) is 13.6. The van der Waals surface area contributed by atoms with Crippen molar-refractivity contribution >= 4 is 58.1 Å². The first kappa shape index (κ1) is 34.7. The quantitative estimate of drug-likeness (QED) is 0.178. The van der Waals surface area contributed by atoms with E-state index in [2.05, 4.69) is 78.2 Å². The molecule has 0 aromatic heterocycles. The lowest BCUT2D eigenvalue weighted by molar-refractivity contribution is -0.515. The van der Waals surface area contributed by atoms with Crippen LogP contribution >= 0.6 is 34.8 Å². The molecule has 6 heteroatoms. The van der Waals surface area contributed by atoms with Crippen molar-refractivity contribution in [2.75, 3.05) is 0 Å². The molecule has 1 heterocycles. The van der Waals surface area contributed by atoms with Crippen molar-refractivity contribution in [3.8, 4) is 0 Å². The molecule has 2 aromatic rings. The molecule has 0 aliphatic carbocycles. The molecular weight excluding hydrogens is 556 g/mol. The summed E-state index contributed by atoms with van der Waals surface area (Å²) < 4.78 is 1.70. The molecule has 0 amide bonds. The Hall–Kier alpha value is -1.32. The molecule has 0 fully saturated rings. The number of benzene rings is 2. The first-order valence-electron chi connectivity index (χ1n) is 13.3. The summed E-state index contributed by atoms with van der Waals surface area (Å²) in [6.45, 7) is 18.2. The molecule has 38 heavy (non-hydrogen) atoms. The molecule has 0 saturated carbocycles. The standard InChI is InChI=1S/C31H42NO.CHCl3.ClH/c1-9-31(10-2)21-30(7,8)32(28-25(22(3)4)17-14-18-26(28)23(5)6)29(31)27(33)20-19-24-15-12-11-13-16-24;2-1(3)4;/h11-20,22-23H,9-10,21H2,1-8H3;1H;1H/q+1;;/p-1/b20-19+;;. The second-order valence-corrected chi connectivity index (χ2v) is 13.1. The number of para-hydroxylation sites is 1. The van der Waals surface area contributed by atoms with Gasteiger partial charge in [-0.3, -0.25) is 4.79 Å². The van der Waals surface area contributed by atoms with Crippen LogP contribution in [0.3, 0.4) is 0 Å². The molecule has 0 spiro atoms. The van der Waals surface area contributed by atoms with Gasteiger partial charge in [-0.25, -0.2) is 0 Å². The van der Waals surface area contributed by atoms with E-state index in [1.807, 2.05) is 36.4 Å². The zero-order valence-corrected chi connectivity index (χ0v) is 27.0. The average molecular weight is 600 g/mol. The second kappa shape index (κ2) is 14.9. The molecule has 0 unspecified atom stereocenters. The van der Waals surface area contributed by atoms with E-state index in [1.54, 1.807) is 6.08 Å².